The van der Waals surface area contributed by atoms with Crippen molar-refractivity contribution in [2.24, 2.45) is 5.73 Å². The highest BCUT2D eigenvalue weighted by Gasteiger charge is 2.02. The smallest absolute Gasteiger partial charge is 0.0349 e. The van der Waals surface area contributed by atoms with Crippen molar-refractivity contribution < 1.29 is 0 Å². The minimum absolute atomic E-state index is 0.780. The summed E-state index contributed by atoms with van der Waals surface area (Å²) in [6.45, 7) is 2.92. The van der Waals surface area contributed by atoms with Crippen molar-refractivity contribution in [3.05, 3.63) is 41.7 Å². The molecule has 0 spiro atoms. The Morgan fingerprint density at radius 2 is 2.00 bits per heavy atom. The first-order chi connectivity index (χ1) is 7.83. The SMILES string of the molecule is Cc1ccc(CCCCN)c2cnccc12. The molecule has 0 aliphatic carbocycles. The molecule has 2 heteroatoms. The van der Waals surface area contributed by atoms with Crippen LogP contribution < -0.4 is 5.73 Å². The van der Waals surface area contributed by atoms with E-state index in [0.717, 1.165) is 25.8 Å². The van der Waals surface area contributed by atoms with E-state index in [2.05, 4.69) is 30.1 Å². The van der Waals surface area contributed by atoms with E-state index in [1.807, 2.05) is 12.4 Å². The molecule has 16 heavy (non-hydrogen) atoms. The molecule has 0 atom stereocenters. The summed E-state index contributed by atoms with van der Waals surface area (Å²) in [4.78, 5) is 4.22. The summed E-state index contributed by atoms with van der Waals surface area (Å²) >= 11 is 0. The number of aryl methyl sites for hydroxylation is 2. The molecular weight excluding hydrogens is 196 g/mol. The van der Waals surface area contributed by atoms with Crippen molar-refractivity contribution >= 4 is 10.8 Å². The van der Waals surface area contributed by atoms with Crippen LogP contribution in [-0.4, -0.2) is 11.5 Å². The maximum Gasteiger partial charge on any atom is 0.0349 e. The molecule has 1 aromatic heterocycles. The minimum Gasteiger partial charge on any atom is -0.330 e. The number of aromatic nitrogens is 1. The second-order valence-corrected chi connectivity index (χ2v) is 4.21. The number of hydrogen-bond acceptors (Lipinski definition) is 2. The molecule has 2 rings (SSSR count). The molecule has 0 unspecified atom stereocenters. The first kappa shape index (κ1) is 11.1. The van der Waals surface area contributed by atoms with Gasteiger partial charge in [0.15, 0.2) is 0 Å². The number of nitrogens with two attached hydrogens (primary N) is 1. The van der Waals surface area contributed by atoms with Gasteiger partial charge in [0, 0.05) is 17.8 Å². The maximum atomic E-state index is 5.52. The van der Waals surface area contributed by atoms with E-state index in [-0.39, 0.29) is 0 Å². The van der Waals surface area contributed by atoms with Crippen LogP contribution in [0.1, 0.15) is 24.0 Å². The van der Waals surface area contributed by atoms with Crippen LogP contribution in [0.2, 0.25) is 0 Å². The molecule has 2 nitrogen and oxygen atoms in total. The van der Waals surface area contributed by atoms with Crippen LogP contribution in [0.25, 0.3) is 10.8 Å². The number of fused-ring (bicyclic) bond motifs is 1. The highest BCUT2D eigenvalue weighted by Crippen LogP contribution is 2.22. The predicted molar refractivity (Wildman–Crippen MR) is 68.5 cm³/mol. The predicted octanol–water partition coefficient (Wildman–Crippen LogP) is 2.82. The molecule has 0 aliphatic rings. The number of hydrogen-bond donors (Lipinski definition) is 1. The Kier molecular flexibility index (Phi) is 3.52. The fraction of sp³-hybridized carbons (Fsp3) is 0.357. The Bertz CT molecular complexity index is 477. The van der Waals surface area contributed by atoms with E-state index in [0.29, 0.717) is 0 Å². The minimum atomic E-state index is 0.780. The molecule has 0 aliphatic heterocycles. The van der Waals surface area contributed by atoms with Gasteiger partial charge >= 0.3 is 0 Å². The molecule has 0 radical (unpaired) electrons. The molecular formula is C14H18N2. The summed E-state index contributed by atoms with van der Waals surface area (Å²) in [6, 6.07) is 6.51. The molecule has 0 saturated carbocycles. The van der Waals surface area contributed by atoms with Gasteiger partial charge in [-0.2, -0.15) is 0 Å². The van der Waals surface area contributed by atoms with Crippen molar-refractivity contribution in [2.45, 2.75) is 26.2 Å². The van der Waals surface area contributed by atoms with E-state index in [4.69, 9.17) is 5.73 Å². The van der Waals surface area contributed by atoms with Gasteiger partial charge in [-0.15, -0.1) is 0 Å². The monoisotopic (exact) mass is 214 g/mol. The number of rotatable bonds is 4. The average Bonchev–Trinajstić information content (AvgIpc) is 2.33. The zero-order valence-corrected chi connectivity index (χ0v) is 9.74. The lowest BCUT2D eigenvalue weighted by Crippen LogP contribution is -1.99. The molecule has 1 aromatic carbocycles. The standard InChI is InChI=1S/C14H18N2/c1-11-5-6-12(4-2-3-8-15)14-10-16-9-7-13(11)14/h5-7,9-10H,2-4,8,15H2,1H3. The fourth-order valence-electron chi connectivity index (χ4n) is 2.08. The number of pyridine rings is 1. The fourth-order valence-corrected chi connectivity index (χ4v) is 2.08. The summed E-state index contributed by atoms with van der Waals surface area (Å²) < 4.78 is 0. The summed E-state index contributed by atoms with van der Waals surface area (Å²) in [5, 5.41) is 2.61. The van der Waals surface area contributed by atoms with Crippen molar-refractivity contribution in [3.63, 3.8) is 0 Å². The topological polar surface area (TPSA) is 38.9 Å². The number of benzene rings is 1. The van der Waals surface area contributed by atoms with Gasteiger partial charge in [0.2, 0.25) is 0 Å². The van der Waals surface area contributed by atoms with Gasteiger partial charge in [0.25, 0.3) is 0 Å². The van der Waals surface area contributed by atoms with Crippen LogP contribution in [0.5, 0.6) is 0 Å². The van der Waals surface area contributed by atoms with Crippen LogP contribution in [0.4, 0.5) is 0 Å². The van der Waals surface area contributed by atoms with Gasteiger partial charge in [-0.1, -0.05) is 12.1 Å². The van der Waals surface area contributed by atoms with Crippen LogP contribution in [0, 0.1) is 6.92 Å². The summed E-state index contributed by atoms with van der Waals surface area (Å²) in [5.41, 5.74) is 8.23. The Hall–Kier alpha value is -1.41. The van der Waals surface area contributed by atoms with Gasteiger partial charge in [-0.3, -0.25) is 4.98 Å². The van der Waals surface area contributed by atoms with E-state index < -0.39 is 0 Å². The van der Waals surface area contributed by atoms with E-state index >= 15 is 0 Å². The summed E-state index contributed by atoms with van der Waals surface area (Å²) in [5.74, 6) is 0. The molecule has 2 N–H and O–H groups in total. The van der Waals surface area contributed by atoms with E-state index in [9.17, 15) is 0 Å². The highest BCUT2D eigenvalue weighted by atomic mass is 14.6. The van der Waals surface area contributed by atoms with Crippen LogP contribution in [0.3, 0.4) is 0 Å². The van der Waals surface area contributed by atoms with Gasteiger partial charge in [-0.25, -0.2) is 0 Å². The van der Waals surface area contributed by atoms with Crippen molar-refractivity contribution in [3.8, 4) is 0 Å². The van der Waals surface area contributed by atoms with Crippen molar-refractivity contribution in [1.82, 2.24) is 4.98 Å². The zero-order valence-electron chi connectivity index (χ0n) is 9.74. The summed E-state index contributed by atoms with van der Waals surface area (Å²) in [6.07, 6.45) is 7.18. The molecule has 84 valence electrons. The molecule has 0 fully saturated rings. The lowest BCUT2D eigenvalue weighted by molar-refractivity contribution is 0.747. The Labute approximate surface area is 96.5 Å². The van der Waals surface area contributed by atoms with Crippen LogP contribution in [0.15, 0.2) is 30.6 Å². The first-order valence-corrected chi connectivity index (χ1v) is 5.85. The number of nitrogens with zero attached hydrogens (tertiary/aromatic N) is 1. The summed E-state index contributed by atoms with van der Waals surface area (Å²) in [7, 11) is 0. The third-order valence-corrected chi connectivity index (χ3v) is 3.03. The lowest BCUT2D eigenvalue weighted by atomic mass is 9.99. The van der Waals surface area contributed by atoms with Crippen LogP contribution >= 0.6 is 0 Å². The molecule has 2 aromatic rings. The molecule has 0 saturated heterocycles. The second-order valence-electron chi connectivity index (χ2n) is 4.21. The second kappa shape index (κ2) is 5.08. The van der Waals surface area contributed by atoms with E-state index in [1.165, 1.54) is 21.9 Å². The Morgan fingerprint density at radius 3 is 2.81 bits per heavy atom. The van der Waals surface area contributed by atoms with E-state index in [1.54, 1.807) is 0 Å². The lowest BCUT2D eigenvalue weighted by Gasteiger charge is -2.08. The Balaban J connectivity index is 2.35. The first-order valence-electron chi connectivity index (χ1n) is 5.85. The van der Waals surface area contributed by atoms with Gasteiger partial charge in [0.1, 0.15) is 0 Å². The quantitative estimate of drug-likeness (QED) is 0.795. The Morgan fingerprint density at radius 1 is 1.12 bits per heavy atom. The van der Waals surface area contributed by atoms with Crippen molar-refractivity contribution in [1.29, 1.82) is 0 Å². The third-order valence-electron chi connectivity index (χ3n) is 3.03. The van der Waals surface area contributed by atoms with Gasteiger partial charge < -0.3 is 5.73 Å². The van der Waals surface area contributed by atoms with Crippen molar-refractivity contribution in [2.75, 3.05) is 6.54 Å². The molecule has 0 amide bonds. The van der Waals surface area contributed by atoms with Gasteiger partial charge in [-0.05, 0) is 55.3 Å². The van der Waals surface area contributed by atoms with Crippen LogP contribution in [-0.2, 0) is 6.42 Å². The average molecular weight is 214 g/mol. The van der Waals surface area contributed by atoms with Gasteiger partial charge in [0.05, 0.1) is 0 Å². The maximum absolute atomic E-state index is 5.52. The highest BCUT2D eigenvalue weighted by molar-refractivity contribution is 5.87. The molecule has 0 bridgehead atoms. The largest absolute Gasteiger partial charge is 0.330 e. The third kappa shape index (κ3) is 2.22. The zero-order chi connectivity index (χ0) is 11.4. The normalized spacial score (nSPS) is 10.9. The number of unbranched alkanes of at least 4 members (excludes halogenated alkanes) is 1. The molecule has 1 heterocycles.